The van der Waals surface area contributed by atoms with E-state index in [0.717, 1.165) is 16.7 Å². The molecular weight excluding hydrogens is 460 g/mol. The Hall–Kier alpha value is -3.85. The first-order valence-corrected chi connectivity index (χ1v) is 11.8. The molecule has 4 rings (SSSR count). The predicted octanol–water partition coefficient (Wildman–Crippen LogP) is 4.34. The highest BCUT2D eigenvalue weighted by Crippen LogP contribution is 2.36. The molecule has 1 aliphatic heterocycles. The Morgan fingerprint density at radius 2 is 1.86 bits per heavy atom. The van der Waals surface area contributed by atoms with Crippen LogP contribution in [0, 0.1) is 6.92 Å². The summed E-state index contributed by atoms with van der Waals surface area (Å²) in [5.41, 5.74) is 4.01. The van der Waals surface area contributed by atoms with Gasteiger partial charge in [-0.2, -0.15) is 5.10 Å². The molecule has 36 heavy (non-hydrogen) atoms. The summed E-state index contributed by atoms with van der Waals surface area (Å²) >= 11 is 0. The van der Waals surface area contributed by atoms with Crippen LogP contribution in [0.1, 0.15) is 26.3 Å². The second-order valence-corrected chi connectivity index (χ2v) is 9.92. The van der Waals surface area contributed by atoms with E-state index < -0.39 is 17.7 Å². The van der Waals surface area contributed by atoms with Crippen molar-refractivity contribution in [3.05, 3.63) is 54.2 Å². The Morgan fingerprint density at radius 1 is 1.14 bits per heavy atom. The Morgan fingerprint density at radius 3 is 2.56 bits per heavy atom. The second kappa shape index (κ2) is 10.0. The zero-order valence-corrected chi connectivity index (χ0v) is 21.2. The van der Waals surface area contributed by atoms with E-state index in [0.29, 0.717) is 23.6 Å². The van der Waals surface area contributed by atoms with E-state index in [-0.39, 0.29) is 24.8 Å². The van der Waals surface area contributed by atoms with Crippen LogP contribution in [0.25, 0.3) is 22.4 Å². The highest BCUT2D eigenvalue weighted by atomic mass is 16.6. The average Bonchev–Trinajstić information content (AvgIpc) is 3.21. The first-order chi connectivity index (χ1) is 17.0. The van der Waals surface area contributed by atoms with E-state index in [2.05, 4.69) is 10.4 Å². The molecule has 2 aromatic carbocycles. The Kier molecular flexibility index (Phi) is 7.03. The number of hydrogen-bond acceptors (Lipinski definition) is 6. The monoisotopic (exact) mass is 492 g/mol. The number of carbonyl (C=O) groups is 2. The highest BCUT2D eigenvalue weighted by Gasteiger charge is 2.35. The van der Waals surface area contributed by atoms with Crippen molar-refractivity contribution in [1.29, 1.82) is 0 Å². The number of nitrogens with one attached hydrogen (secondary N) is 1. The van der Waals surface area contributed by atoms with Crippen LogP contribution < -0.4 is 5.32 Å². The Balaban J connectivity index is 1.52. The first kappa shape index (κ1) is 25.2. The van der Waals surface area contributed by atoms with E-state index in [1.807, 2.05) is 44.4 Å². The summed E-state index contributed by atoms with van der Waals surface area (Å²) in [7, 11) is 1.83. The molecule has 2 amide bonds. The molecule has 0 radical (unpaired) electrons. The van der Waals surface area contributed by atoms with Gasteiger partial charge in [0.05, 0.1) is 13.2 Å². The van der Waals surface area contributed by atoms with E-state index in [9.17, 15) is 14.7 Å². The molecule has 2 N–H and O–H groups in total. The molecule has 1 atom stereocenters. The highest BCUT2D eigenvalue weighted by molar-refractivity contribution is 5.97. The molecule has 9 nitrogen and oxygen atoms in total. The van der Waals surface area contributed by atoms with Crippen LogP contribution >= 0.6 is 0 Å². The van der Waals surface area contributed by atoms with Crippen LogP contribution in [-0.2, 0) is 21.3 Å². The fourth-order valence-corrected chi connectivity index (χ4v) is 4.06. The predicted molar refractivity (Wildman–Crippen MR) is 137 cm³/mol. The van der Waals surface area contributed by atoms with Gasteiger partial charge in [-0.3, -0.25) is 14.4 Å². The van der Waals surface area contributed by atoms with Crippen molar-refractivity contribution < 1.29 is 24.2 Å². The molecule has 1 aliphatic rings. The van der Waals surface area contributed by atoms with Crippen LogP contribution in [0.5, 0.6) is 5.75 Å². The molecule has 0 spiro atoms. The number of aromatic hydroxyl groups is 1. The van der Waals surface area contributed by atoms with Gasteiger partial charge in [0, 0.05) is 36.6 Å². The number of carbonyl (C=O) groups excluding carboxylic acids is 2. The smallest absolute Gasteiger partial charge is 0.411 e. The molecule has 3 aromatic rings. The number of aryl methyl sites for hydroxylation is 2. The minimum Gasteiger partial charge on any atom is -0.507 e. The van der Waals surface area contributed by atoms with Gasteiger partial charge in [0.15, 0.2) is 0 Å². The molecule has 9 heteroatoms. The molecule has 190 valence electrons. The number of anilines is 1. The van der Waals surface area contributed by atoms with Crippen molar-refractivity contribution in [3.8, 4) is 28.1 Å². The van der Waals surface area contributed by atoms with E-state index in [1.165, 1.54) is 4.90 Å². The fourth-order valence-electron chi connectivity index (χ4n) is 4.06. The third kappa shape index (κ3) is 5.68. The summed E-state index contributed by atoms with van der Waals surface area (Å²) in [4.78, 5) is 27.1. The number of phenolic OH excluding ortho intramolecular Hbond substituents is 1. The van der Waals surface area contributed by atoms with Crippen LogP contribution in [0.4, 0.5) is 10.5 Å². The fraction of sp³-hybridized carbons (Fsp3) is 0.370. The van der Waals surface area contributed by atoms with Crippen LogP contribution in [0.2, 0.25) is 0 Å². The topological polar surface area (TPSA) is 106 Å². The normalized spacial score (nSPS) is 16.0. The number of hydrogen-bond donors (Lipinski definition) is 2. The molecule has 1 saturated heterocycles. The Labute approximate surface area is 210 Å². The molecule has 0 aliphatic carbocycles. The lowest BCUT2D eigenvalue weighted by Crippen LogP contribution is -2.55. The van der Waals surface area contributed by atoms with Crippen molar-refractivity contribution in [2.45, 2.75) is 39.3 Å². The number of nitrogens with zero attached hydrogens (tertiary/aromatic N) is 3. The summed E-state index contributed by atoms with van der Waals surface area (Å²) in [6, 6.07) is 12.0. The summed E-state index contributed by atoms with van der Waals surface area (Å²) in [6.45, 7) is 8.05. The Bertz CT molecular complexity index is 1260. The van der Waals surface area contributed by atoms with Gasteiger partial charge in [0.2, 0.25) is 5.91 Å². The summed E-state index contributed by atoms with van der Waals surface area (Å²) in [5, 5.41) is 17.9. The van der Waals surface area contributed by atoms with E-state index >= 15 is 0 Å². The van der Waals surface area contributed by atoms with Crippen LogP contribution in [0.3, 0.4) is 0 Å². The maximum absolute atomic E-state index is 13.0. The molecule has 1 aromatic heterocycles. The van der Waals surface area contributed by atoms with E-state index in [1.54, 1.807) is 43.7 Å². The van der Waals surface area contributed by atoms with Crippen molar-refractivity contribution in [1.82, 2.24) is 14.7 Å². The van der Waals surface area contributed by atoms with Crippen molar-refractivity contribution in [2.75, 3.05) is 25.1 Å². The lowest BCUT2D eigenvalue weighted by atomic mass is 9.99. The summed E-state index contributed by atoms with van der Waals surface area (Å²) in [5.74, 6) is -0.186. The molecule has 2 heterocycles. The van der Waals surface area contributed by atoms with Gasteiger partial charge in [-0.05, 0) is 57.5 Å². The van der Waals surface area contributed by atoms with Gasteiger partial charge in [-0.1, -0.05) is 23.8 Å². The minimum atomic E-state index is -0.789. The van der Waals surface area contributed by atoms with Gasteiger partial charge < -0.3 is 19.9 Å². The average molecular weight is 493 g/mol. The molecule has 1 fully saturated rings. The number of rotatable bonds is 4. The van der Waals surface area contributed by atoms with Gasteiger partial charge in [-0.15, -0.1) is 0 Å². The van der Waals surface area contributed by atoms with Gasteiger partial charge in [0.25, 0.3) is 0 Å². The number of ether oxygens (including phenoxy) is 2. The zero-order chi connectivity index (χ0) is 26.0. The van der Waals surface area contributed by atoms with Crippen molar-refractivity contribution in [3.63, 3.8) is 0 Å². The zero-order valence-electron chi connectivity index (χ0n) is 21.2. The standard InChI is InChI=1S/C27H32N4O5/c1-17-6-11-23(32)20(14-17)24-21(15-30(5)29-24)18-7-9-19(10-8-18)28-25(33)22-16-35-13-12-31(22)26(34)36-27(2,3)4/h6-11,14-15,22,32H,12-13,16H2,1-5H3,(H,28,33). The minimum absolute atomic E-state index is 0.0994. The second-order valence-electron chi connectivity index (χ2n) is 9.92. The van der Waals surface area contributed by atoms with Gasteiger partial charge >= 0.3 is 6.09 Å². The van der Waals surface area contributed by atoms with Crippen LogP contribution in [-0.4, -0.2) is 63.2 Å². The quantitative estimate of drug-likeness (QED) is 0.561. The van der Waals surface area contributed by atoms with Gasteiger partial charge in [-0.25, -0.2) is 4.79 Å². The number of morpholine rings is 1. The van der Waals surface area contributed by atoms with Crippen LogP contribution in [0.15, 0.2) is 48.7 Å². The maximum Gasteiger partial charge on any atom is 0.411 e. The maximum atomic E-state index is 13.0. The number of aromatic nitrogens is 2. The third-order valence-corrected chi connectivity index (χ3v) is 5.76. The van der Waals surface area contributed by atoms with E-state index in [4.69, 9.17) is 9.47 Å². The van der Waals surface area contributed by atoms with Crippen molar-refractivity contribution >= 4 is 17.7 Å². The lowest BCUT2D eigenvalue weighted by molar-refractivity contribution is -0.127. The molecular formula is C27H32N4O5. The van der Waals surface area contributed by atoms with Crippen molar-refractivity contribution in [2.24, 2.45) is 7.05 Å². The number of phenols is 1. The first-order valence-electron chi connectivity index (χ1n) is 11.8. The summed E-state index contributed by atoms with van der Waals surface area (Å²) < 4.78 is 12.6. The third-order valence-electron chi connectivity index (χ3n) is 5.76. The van der Waals surface area contributed by atoms with Gasteiger partial charge in [0.1, 0.15) is 23.1 Å². The number of benzene rings is 2. The SMILES string of the molecule is Cc1ccc(O)c(-c2nn(C)cc2-c2ccc(NC(=O)C3COCCN3C(=O)OC(C)(C)C)cc2)c1. The lowest BCUT2D eigenvalue weighted by Gasteiger charge is -2.35. The number of amides is 2. The largest absolute Gasteiger partial charge is 0.507 e. The summed E-state index contributed by atoms with van der Waals surface area (Å²) in [6.07, 6.45) is 1.35. The molecule has 1 unspecified atom stereocenters. The molecule has 0 bridgehead atoms. The molecule has 0 saturated carbocycles.